The van der Waals surface area contributed by atoms with Crippen molar-refractivity contribution in [3.63, 3.8) is 0 Å². The van der Waals surface area contributed by atoms with Crippen LogP contribution in [0.2, 0.25) is 0 Å². The Bertz CT molecular complexity index is 420. The third-order valence-corrected chi connectivity index (χ3v) is 4.72. The maximum absolute atomic E-state index is 12.1. The van der Waals surface area contributed by atoms with Crippen molar-refractivity contribution in [1.82, 2.24) is 0 Å². The number of methoxy groups -OCH3 is 1. The van der Waals surface area contributed by atoms with E-state index in [0.29, 0.717) is 25.0 Å². The van der Waals surface area contributed by atoms with E-state index in [1.165, 1.54) is 18.9 Å². The fourth-order valence-corrected chi connectivity index (χ4v) is 3.46. The summed E-state index contributed by atoms with van der Waals surface area (Å²) >= 11 is 1.36. The van der Waals surface area contributed by atoms with Gasteiger partial charge in [0.25, 0.3) is 0 Å². The number of aliphatic carboxylic acids is 1. The summed E-state index contributed by atoms with van der Waals surface area (Å²) in [5.41, 5.74) is 0. The monoisotopic (exact) mass is 316 g/mol. The highest BCUT2D eigenvalue weighted by Gasteiger charge is 2.40. The standard InChI is InChI=1S/C14H20O6S/c1-20-13(18)6-2-4-9-10(15)8-11(14(9)19)21-7-3-5-12(16)17/h9,11H,2-8H2,1H3,(H,16,17). The fourth-order valence-electron chi connectivity index (χ4n) is 2.25. The topological polar surface area (TPSA) is 97.7 Å². The Morgan fingerprint density at radius 1 is 1.29 bits per heavy atom. The van der Waals surface area contributed by atoms with E-state index in [-0.39, 0.29) is 42.0 Å². The van der Waals surface area contributed by atoms with Gasteiger partial charge in [-0.25, -0.2) is 0 Å². The third kappa shape index (κ3) is 5.87. The average Bonchev–Trinajstić information content (AvgIpc) is 2.70. The van der Waals surface area contributed by atoms with Gasteiger partial charge in [0.05, 0.1) is 18.3 Å². The lowest BCUT2D eigenvalue weighted by atomic mass is 9.99. The molecule has 0 bridgehead atoms. The SMILES string of the molecule is COC(=O)CCCC1C(=O)CC(SCCCC(=O)O)C1=O. The normalized spacial score (nSPS) is 21.6. The quantitative estimate of drug-likeness (QED) is 0.390. The predicted molar refractivity (Wildman–Crippen MR) is 77.1 cm³/mol. The molecule has 0 spiro atoms. The molecule has 21 heavy (non-hydrogen) atoms. The number of esters is 1. The van der Waals surface area contributed by atoms with Gasteiger partial charge in [-0.05, 0) is 25.0 Å². The summed E-state index contributed by atoms with van der Waals surface area (Å²) < 4.78 is 4.51. The molecule has 2 atom stereocenters. The van der Waals surface area contributed by atoms with Gasteiger partial charge < -0.3 is 9.84 Å². The molecule has 1 N–H and O–H groups in total. The van der Waals surface area contributed by atoms with Crippen LogP contribution < -0.4 is 0 Å². The Kier molecular flexibility index (Phi) is 7.42. The van der Waals surface area contributed by atoms with Gasteiger partial charge in [-0.2, -0.15) is 11.8 Å². The highest BCUT2D eigenvalue weighted by molar-refractivity contribution is 8.00. The van der Waals surface area contributed by atoms with Crippen LogP contribution in [0.25, 0.3) is 0 Å². The molecule has 7 heteroatoms. The lowest BCUT2D eigenvalue weighted by molar-refractivity contribution is -0.141. The molecule has 0 aliphatic heterocycles. The molecule has 1 aliphatic carbocycles. The third-order valence-electron chi connectivity index (χ3n) is 3.39. The van der Waals surface area contributed by atoms with Crippen LogP contribution in [-0.2, 0) is 23.9 Å². The molecule has 0 heterocycles. The van der Waals surface area contributed by atoms with Crippen LogP contribution >= 0.6 is 11.8 Å². The van der Waals surface area contributed by atoms with E-state index < -0.39 is 11.9 Å². The smallest absolute Gasteiger partial charge is 0.305 e. The highest BCUT2D eigenvalue weighted by atomic mass is 32.2. The van der Waals surface area contributed by atoms with Gasteiger partial charge in [0.15, 0.2) is 5.78 Å². The molecule has 0 aromatic carbocycles. The Morgan fingerprint density at radius 2 is 2.00 bits per heavy atom. The molecule has 0 saturated heterocycles. The number of ketones is 2. The Hall–Kier alpha value is -1.37. The summed E-state index contributed by atoms with van der Waals surface area (Å²) in [6, 6.07) is 0. The molecule has 0 aromatic heterocycles. The second kappa shape index (κ2) is 8.81. The number of carbonyl (C=O) groups is 4. The maximum Gasteiger partial charge on any atom is 0.305 e. The summed E-state index contributed by atoms with van der Waals surface area (Å²) in [5, 5.41) is 8.18. The van der Waals surface area contributed by atoms with Gasteiger partial charge in [-0.15, -0.1) is 0 Å². The van der Waals surface area contributed by atoms with Gasteiger partial charge in [-0.1, -0.05) is 0 Å². The van der Waals surface area contributed by atoms with Crippen molar-refractivity contribution in [2.45, 2.75) is 43.8 Å². The predicted octanol–water partition coefficient (Wildman–Crippen LogP) is 1.45. The lowest BCUT2D eigenvalue weighted by Gasteiger charge is -2.08. The van der Waals surface area contributed by atoms with Gasteiger partial charge in [0, 0.05) is 19.3 Å². The van der Waals surface area contributed by atoms with Gasteiger partial charge >= 0.3 is 11.9 Å². The van der Waals surface area contributed by atoms with Crippen molar-refractivity contribution in [3.05, 3.63) is 0 Å². The first-order chi connectivity index (χ1) is 9.95. The van der Waals surface area contributed by atoms with E-state index in [0.717, 1.165) is 0 Å². The minimum atomic E-state index is -0.856. The van der Waals surface area contributed by atoms with Crippen LogP contribution in [0.4, 0.5) is 0 Å². The van der Waals surface area contributed by atoms with E-state index in [4.69, 9.17) is 5.11 Å². The molecule has 1 aliphatic rings. The summed E-state index contributed by atoms with van der Waals surface area (Å²) in [5.74, 6) is -1.39. The second-order valence-corrected chi connectivity index (χ2v) is 6.26. The van der Waals surface area contributed by atoms with Crippen LogP contribution in [0.5, 0.6) is 0 Å². The van der Waals surface area contributed by atoms with Crippen LogP contribution in [0.3, 0.4) is 0 Å². The van der Waals surface area contributed by atoms with Crippen LogP contribution in [-0.4, -0.2) is 46.7 Å². The number of rotatable bonds is 9. The summed E-state index contributed by atoms with van der Waals surface area (Å²) in [6.07, 6.45) is 1.85. The molecule has 0 radical (unpaired) electrons. The molecular formula is C14H20O6S. The zero-order valence-electron chi connectivity index (χ0n) is 12.0. The molecular weight excluding hydrogens is 296 g/mol. The fraction of sp³-hybridized carbons (Fsp3) is 0.714. The molecule has 6 nitrogen and oxygen atoms in total. The molecule has 0 amide bonds. The highest BCUT2D eigenvalue weighted by Crippen LogP contribution is 2.31. The Balaban J connectivity index is 2.33. The Labute approximate surface area is 127 Å². The maximum atomic E-state index is 12.1. The van der Waals surface area contributed by atoms with E-state index in [1.807, 2.05) is 0 Å². The molecule has 2 unspecified atom stereocenters. The second-order valence-electron chi connectivity index (χ2n) is 4.95. The van der Waals surface area contributed by atoms with Crippen molar-refractivity contribution < 1.29 is 29.0 Å². The minimum absolute atomic E-state index is 0.0689. The molecule has 0 aromatic rings. The molecule has 1 saturated carbocycles. The summed E-state index contributed by atoms with van der Waals surface area (Å²) in [7, 11) is 1.30. The molecule has 1 fully saturated rings. The van der Waals surface area contributed by atoms with Gasteiger partial charge in [0.2, 0.25) is 0 Å². The zero-order chi connectivity index (χ0) is 15.8. The number of ether oxygens (including phenoxy) is 1. The van der Waals surface area contributed by atoms with Crippen molar-refractivity contribution in [2.75, 3.05) is 12.9 Å². The number of carboxylic acids is 1. The summed E-state index contributed by atoms with van der Waals surface area (Å²) in [4.78, 5) is 45.3. The lowest BCUT2D eigenvalue weighted by Crippen LogP contribution is -2.19. The van der Waals surface area contributed by atoms with Crippen LogP contribution in [0.15, 0.2) is 0 Å². The first-order valence-corrected chi connectivity index (χ1v) is 7.97. The summed E-state index contributed by atoms with van der Waals surface area (Å²) in [6.45, 7) is 0. The zero-order valence-corrected chi connectivity index (χ0v) is 12.8. The van der Waals surface area contributed by atoms with E-state index in [9.17, 15) is 19.2 Å². The number of Topliss-reactive ketones (excluding diaryl/α,β-unsaturated/α-hetero) is 2. The van der Waals surface area contributed by atoms with E-state index in [1.54, 1.807) is 0 Å². The van der Waals surface area contributed by atoms with Gasteiger partial charge in [-0.3, -0.25) is 19.2 Å². The number of carbonyl (C=O) groups excluding carboxylic acids is 3. The largest absolute Gasteiger partial charge is 0.481 e. The van der Waals surface area contributed by atoms with Crippen molar-refractivity contribution in [1.29, 1.82) is 0 Å². The first kappa shape index (κ1) is 17.7. The first-order valence-electron chi connectivity index (χ1n) is 6.92. The van der Waals surface area contributed by atoms with Crippen LogP contribution in [0.1, 0.15) is 38.5 Å². The van der Waals surface area contributed by atoms with Gasteiger partial charge in [0.1, 0.15) is 5.78 Å². The molecule has 1 rings (SSSR count). The number of carboxylic acid groups (broad SMARTS) is 1. The van der Waals surface area contributed by atoms with E-state index in [2.05, 4.69) is 4.74 Å². The van der Waals surface area contributed by atoms with Crippen molar-refractivity contribution >= 4 is 35.3 Å². The van der Waals surface area contributed by atoms with Crippen molar-refractivity contribution in [3.8, 4) is 0 Å². The van der Waals surface area contributed by atoms with E-state index >= 15 is 0 Å². The number of hydrogen-bond donors (Lipinski definition) is 1. The Morgan fingerprint density at radius 3 is 2.62 bits per heavy atom. The number of thioether (sulfide) groups is 1. The molecule has 118 valence electrons. The average molecular weight is 316 g/mol. The number of hydrogen-bond acceptors (Lipinski definition) is 6. The van der Waals surface area contributed by atoms with Crippen LogP contribution in [0, 0.1) is 5.92 Å². The van der Waals surface area contributed by atoms with Crippen molar-refractivity contribution in [2.24, 2.45) is 5.92 Å². The minimum Gasteiger partial charge on any atom is -0.481 e.